The van der Waals surface area contributed by atoms with E-state index in [0.29, 0.717) is 38.6 Å². The van der Waals surface area contributed by atoms with Gasteiger partial charge in [-0.25, -0.2) is 0 Å². The Labute approximate surface area is 175 Å². The molecule has 6 nitrogen and oxygen atoms in total. The largest absolute Gasteiger partial charge is 0.496 e. The molecule has 4 rings (SSSR count). The lowest BCUT2D eigenvalue weighted by Crippen LogP contribution is -2.56. The van der Waals surface area contributed by atoms with E-state index in [1.165, 1.54) is 25.7 Å². The number of piperazine rings is 1. The smallest absolute Gasteiger partial charge is 0.282 e. The summed E-state index contributed by atoms with van der Waals surface area (Å²) in [6.07, 6.45) is 6.01. The predicted octanol–water partition coefficient (Wildman–Crippen LogP) is 2.82. The Morgan fingerprint density at radius 3 is 2.61 bits per heavy atom. The van der Waals surface area contributed by atoms with E-state index in [0.717, 1.165) is 23.7 Å². The average molecular weight is 430 g/mol. The lowest BCUT2D eigenvalue weighted by atomic mass is 9.76. The number of fused-ring (bicyclic) bond motifs is 1. The van der Waals surface area contributed by atoms with Crippen molar-refractivity contribution in [1.82, 2.24) is 13.9 Å². The maximum absolute atomic E-state index is 13.6. The van der Waals surface area contributed by atoms with Crippen LogP contribution >= 0.6 is 12.4 Å². The Hall–Kier alpha value is -0.860. The number of methoxy groups -OCH3 is 1. The van der Waals surface area contributed by atoms with Gasteiger partial charge in [-0.05, 0) is 30.7 Å². The molecule has 1 N–H and O–H groups in total. The fourth-order valence-corrected chi connectivity index (χ4v) is 6.94. The van der Waals surface area contributed by atoms with Crippen LogP contribution in [0.1, 0.15) is 43.7 Å². The molecule has 2 aliphatic heterocycles. The van der Waals surface area contributed by atoms with Crippen LogP contribution in [0.25, 0.3) is 0 Å². The molecular weight excluding hydrogens is 398 g/mol. The summed E-state index contributed by atoms with van der Waals surface area (Å²) in [6, 6.07) is 7.52. The Morgan fingerprint density at radius 2 is 1.82 bits per heavy atom. The second-order valence-electron chi connectivity index (χ2n) is 8.03. The monoisotopic (exact) mass is 429 g/mol. The van der Waals surface area contributed by atoms with E-state index < -0.39 is 10.2 Å². The van der Waals surface area contributed by atoms with Crippen LogP contribution in [0.2, 0.25) is 0 Å². The van der Waals surface area contributed by atoms with Crippen molar-refractivity contribution in [2.75, 3.05) is 39.8 Å². The molecule has 0 aromatic heterocycles. The number of ether oxygens (including phenoxy) is 1. The molecule has 2 saturated heterocycles. The van der Waals surface area contributed by atoms with Gasteiger partial charge in [0.2, 0.25) is 0 Å². The maximum Gasteiger partial charge on any atom is 0.282 e. The van der Waals surface area contributed by atoms with E-state index in [4.69, 9.17) is 4.74 Å². The van der Waals surface area contributed by atoms with Gasteiger partial charge in [0.15, 0.2) is 0 Å². The molecule has 3 fully saturated rings. The molecule has 1 aliphatic carbocycles. The van der Waals surface area contributed by atoms with E-state index in [9.17, 15) is 8.42 Å². The van der Waals surface area contributed by atoms with Crippen molar-refractivity contribution < 1.29 is 13.2 Å². The molecule has 3 unspecified atom stereocenters. The summed E-state index contributed by atoms with van der Waals surface area (Å²) in [5, 5.41) is 3.35. The molecule has 2 heterocycles. The standard InChI is InChI=1S/C20H31N3O3S.ClH/c1-26-20-9-5-4-8-18(20)19-14-21-11-13-23(19)27(24,25)22-12-10-16-6-2-3-7-17(16)15-22;/h4-5,8-9,16-17,19,21H,2-3,6-7,10-15H2,1H3;1H. The average Bonchev–Trinajstić information content (AvgIpc) is 2.73. The second-order valence-corrected chi connectivity index (χ2v) is 9.91. The highest BCUT2D eigenvalue weighted by Crippen LogP contribution is 2.39. The van der Waals surface area contributed by atoms with Crippen molar-refractivity contribution in [2.45, 2.75) is 38.1 Å². The van der Waals surface area contributed by atoms with Gasteiger partial charge in [-0.3, -0.25) is 0 Å². The number of hydrogen-bond donors (Lipinski definition) is 1. The van der Waals surface area contributed by atoms with Crippen LogP contribution in [-0.2, 0) is 10.2 Å². The molecule has 1 saturated carbocycles. The van der Waals surface area contributed by atoms with Crippen molar-refractivity contribution in [3.05, 3.63) is 29.8 Å². The first kappa shape index (κ1) is 21.8. The van der Waals surface area contributed by atoms with Crippen molar-refractivity contribution >= 4 is 22.6 Å². The summed E-state index contributed by atoms with van der Waals surface area (Å²) in [5.41, 5.74) is 0.934. The minimum absolute atomic E-state index is 0. The SMILES string of the molecule is COc1ccccc1C1CNCCN1S(=O)(=O)N1CCC2CCCCC2C1.Cl. The fourth-order valence-electron chi connectivity index (χ4n) is 5.09. The number of piperidine rings is 1. The van der Waals surface area contributed by atoms with Gasteiger partial charge in [-0.15, -0.1) is 12.4 Å². The zero-order valence-electron chi connectivity index (χ0n) is 16.5. The zero-order chi connectivity index (χ0) is 18.9. The summed E-state index contributed by atoms with van der Waals surface area (Å²) in [4.78, 5) is 0. The molecule has 1 aromatic rings. The van der Waals surface area contributed by atoms with Crippen LogP contribution in [-0.4, -0.2) is 56.9 Å². The number of rotatable bonds is 4. The van der Waals surface area contributed by atoms with E-state index in [1.54, 1.807) is 15.7 Å². The van der Waals surface area contributed by atoms with Gasteiger partial charge in [0.05, 0.1) is 13.2 Å². The number of benzene rings is 1. The highest BCUT2D eigenvalue weighted by Gasteiger charge is 2.42. The van der Waals surface area contributed by atoms with Crippen molar-refractivity contribution in [3.63, 3.8) is 0 Å². The molecule has 158 valence electrons. The predicted molar refractivity (Wildman–Crippen MR) is 113 cm³/mol. The van der Waals surface area contributed by atoms with Gasteiger partial charge >= 0.3 is 0 Å². The van der Waals surface area contributed by atoms with Crippen LogP contribution in [0.15, 0.2) is 24.3 Å². The van der Waals surface area contributed by atoms with Gasteiger partial charge in [-0.1, -0.05) is 37.5 Å². The topological polar surface area (TPSA) is 61.9 Å². The third-order valence-electron chi connectivity index (χ3n) is 6.57. The van der Waals surface area contributed by atoms with Gasteiger partial charge < -0.3 is 10.1 Å². The van der Waals surface area contributed by atoms with Gasteiger partial charge in [0, 0.05) is 38.3 Å². The normalized spacial score (nSPS) is 29.5. The summed E-state index contributed by atoms with van der Waals surface area (Å²) in [7, 11) is -1.85. The van der Waals surface area contributed by atoms with Crippen LogP contribution in [0.5, 0.6) is 5.75 Å². The Bertz CT molecular complexity index is 761. The lowest BCUT2D eigenvalue weighted by Gasteiger charge is -2.44. The third kappa shape index (κ3) is 4.19. The maximum atomic E-state index is 13.6. The second kappa shape index (κ2) is 9.30. The van der Waals surface area contributed by atoms with Gasteiger partial charge in [-0.2, -0.15) is 17.0 Å². The molecule has 1 aromatic carbocycles. The van der Waals surface area contributed by atoms with E-state index in [2.05, 4.69) is 5.32 Å². The number of hydrogen-bond acceptors (Lipinski definition) is 4. The van der Waals surface area contributed by atoms with Crippen molar-refractivity contribution in [3.8, 4) is 5.75 Å². The minimum atomic E-state index is -3.49. The number of halogens is 1. The van der Waals surface area contributed by atoms with Gasteiger partial charge in [0.25, 0.3) is 10.2 Å². The molecular formula is C20H32ClN3O3S. The van der Waals surface area contributed by atoms with Crippen LogP contribution in [0, 0.1) is 11.8 Å². The highest BCUT2D eigenvalue weighted by molar-refractivity contribution is 7.86. The fraction of sp³-hybridized carbons (Fsp3) is 0.700. The Kier molecular flexibility index (Phi) is 7.26. The van der Waals surface area contributed by atoms with Crippen LogP contribution in [0.3, 0.4) is 0 Å². The summed E-state index contributed by atoms with van der Waals surface area (Å²) >= 11 is 0. The molecule has 0 amide bonds. The van der Waals surface area contributed by atoms with E-state index in [-0.39, 0.29) is 18.4 Å². The summed E-state index contributed by atoms with van der Waals surface area (Å²) < 4.78 is 36.1. The number of para-hydroxylation sites is 1. The summed E-state index contributed by atoms with van der Waals surface area (Å²) in [5.74, 6) is 2.01. The Morgan fingerprint density at radius 1 is 1.07 bits per heavy atom. The first-order valence-corrected chi connectivity index (χ1v) is 11.6. The molecule has 28 heavy (non-hydrogen) atoms. The minimum Gasteiger partial charge on any atom is -0.496 e. The first-order valence-electron chi connectivity index (χ1n) is 10.2. The zero-order valence-corrected chi connectivity index (χ0v) is 18.2. The number of nitrogens with one attached hydrogen (secondary N) is 1. The van der Waals surface area contributed by atoms with Crippen LogP contribution < -0.4 is 10.1 Å². The molecule has 8 heteroatoms. The first-order chi connectivity index (χ1) is 13.1. The number of nitrogens with zero attached hydrogens (tertiary/aromatic N) is 2. The molecule has 0 bridgehead atoms. The third-order valence-corrected chi connectivity index (χ3v) is 8.58. The molecule has 0 radical (unpaired) electrons. The highest BCUT2D eigenvalue weighted by atomic mass is 35.5. The van der Waals surface area contributed by atoms with Gasteiger partial charge in [0.1, 0.15) is 5.75 Å². The Balaban J connectivity index is 0.00000225. The quantitative estimate of drug-likeness (QED) is 0.799. The van der Waals surface area contributed by atoms with Crippen molar-refractivity contribution in [2.24, 2.45) is 11.8 Å². The van der Waals surface area contributed by atoms with E-state index in [1.807, 2.05) is 24.3 Å². The molecule has 3 aliphatic rings. The van der Waals surface area contributed by atoms with E-state index >= 15 is 0 Å². The van der Waals surface area contributed by atoms with Crippen LogP contribution in [0.4, 0.5) is 0 Å². The van der Waals surface area contributed by atoms with Crippen molar-refractivity contribution in [1.29, 1.82) is 0 Å². The molecule has 0 spiro atoms. The summed E-state index contributed by atoms with van der Waals surface area (Å²) in [6.45, 7) is 3.14. The lowest BCUT2D eigenvalue weighted by molar-refractivity contribution is 0.127. The molecule has 3 atom stereocenters.